The first kappa shape index (κ1) is 21.4. The number of nitrogens with zero attached hydrogens (tertiary/aromatic N) is 1. The molecule has 3 rings (SSSR count). The summed E-state index contributed by atoms with van der Waals surface area (Å²) in [5, 5.41) is 3.03. The molecule has 29 heavy (non-hydrogen) atoms. The van der Waals surface area contributed by atoms with Crippen molar-refractivity contribution in [3.63, 3.8) is 0 Å². The monoisotopic (exact) mass is 440 g/mol. The molecule has 1 aromatic heterocycles. The molecule has 0 unspecified atom stereocenters. The second-order valence-electron chi connectivity index (χ2n) is 6.55. The number of thiophene rings is 1. The molecule has 10 heteroatoms. The maximum absolute atomic E-state index is 14.2. The quantitative estimate of drug-likeness (QED) is 0.695. The molecule has 0 radical (unpaired) electrons. The standard InChI is InChI=1S/C19H21FN2O5S2/c1-3-27-19(24)17-12(2)10-16(28-17)21-18(23)13-6-7-14(20)15(11-13)29(25,26)22-8-4-5-9-22/h6-7,10-11H,3-5,8-9H2,1-2H3,(H,21,23). The molecular weight excluding hydrogens is 419 g/mol. The minimum absolute atomic E-state index is 0.00732. The minimum atomic E-state index is -4.00. The molecule has 7 nitrogen and oxygen atoms in total. The largest absolute Gasteiger partial charge is 0.462 e. The number of aryl methyl sites for hydroxylation is 1. The number of benzene rings is 1. The molecule has 2 heterocycles. The third-order valence-corrected chi connectivity index (χ3v) is 7.54. The summed E-state index contributed by atoms with van der Waals surface area (Å²) in [6, 6.07) is 4.87. The molecule has 1 N–H and O–H groups in total. The number of amides is 1. The van der Waals surface area contributed by atoms with Gasteiger partial charge in [-0.2, -0.15) is 4.31 Å². The zero-order chi connectivity index (χ0) is 21.2. The first-order valence-corrected chi connectivity index (χ1v) is 11.4. The van der Waals surface area contributed by atoms with Crippen molar-refractivity contribution in [1.29, 1.82) is 0 Å². The predicted molar refractivity (Wildman–Crippen MR) is 107 cm³/mol. The molecule has 1 aromatic carbocycles. The van der Waals surface area contributed by atoms with Gasteiger partial charge in [-0.3, -0.25) is 4.79 Å². The van der Waals surface area contributed by atoms with Gasteiger partial charge in [-0.25, -0.2) is 17.6 Å². The van der Waals surface area contributed by atoms with E-state index in [-0.39, 0.29) is 12.2 Å². The Bertz CT molecular complexity index is 1040. The summed E-state index contributed by atoms with van der Waals surface area (Å²) in [6.45, 7) is 4.33. The van der Waals surface area contributed by atoms with Crippen LogP contribution >= 0.6 is 11.3 Å². The highest BCUT2D eigenvalue weighted by molar-refractivity contribution is 7.89. The summed E-state index contributed by atoms with van der Waals surface area (Å²) in [5.74, 6) is -1.97. The third kappa shape index (κ3) is 4.49. The van der Waals surface area contributed by atoms with Crippen LogP contribution in [0.1, 0.15) is 45.4 Å². The van der Waals surface area contributed by atoms with Gasteiger partial charge in [-0.1, -0.05) is 0 Å². The van der Waals surface area contributed by atoms with E-state index in [1.165, 1.54) is 10.4 Å². The summed E-state index contributed by atoms with van der Waals surface area (Å²) >= 11 is 1.06. The van der Waals surface area contributed by atoms with Crippen LogP contribution in [-0.2, 0) is 14.8 Å². The lowest BCUT2D eigenvalue weighted by atomic mass is 10.2. The highest BCUT2D eigenvalue weighted by Gasteiger charge is 2.30. The Hall–Kier alpha value is -2.30. The van der Waals surface area contributed by atoms with Crippen LogP contribution in [0.15, 0.2) is 29.2 Å². The summed E-state index contributed by atoms with van der Waals surface area (Å²) < 4.78 is 45.8. The van der Waals surface area contributed by atoms with Gasteiger partial charge in [0.15, 0.2) is 0 Å². The Morgan fingerprint density at radius 1 is 1.24 bits per heavy atom. The lowest BCUT2D eigenvalue weighted by molar-refractivity contribution is 0.0531. The second-order valence-corrected chi connectivity index (χ2v) is 9.51. The van der Waals surface area contributed by atoms with Crippen LogP contribution in [0, 0.1) is 12.7 Å². The van der Waals surface area contributed by atoms with E-state index in [0.29, 0.717) is 28.5 Å². The van der Waals surface area contributed by atoms with Gasteiger partial charge < -0.3 is 10.1 Å². The van der Waals surface area contributed by atoms with Gasteiger partial charge in [0.1, 0.15) is 15.6 Å². The Morgan fingerprint density at radius 3 is 2.59 bits per heavy atom. The molecule has 0 bridgehead atoms. The Kier molecular flexibility index (Phi) is 6.35. The van der Waals surface area contributed by atoms with E-state index in [4.69, 9.17) is 4.74 Å². The number of rotatable bonds is 6. The van der Waals surface area contributed by atoms with E-state index in [2.05, 4.69) is 5.32 Å². The number of anilines is 1. The predicted octanol–water partition coefficient (Wildman–Crippen LogP) is 3.41. The van der Waals surface area contributed by atoms with E-state index >= 15 is 0 Å². The number of ether oxygens (including phenoxy) is 1. The van der Waals surface area contributed by atoms with E-state index in [9.17, 15) is 22.4 Å². The number of nitrogens with one attached hydrogen (secondary N) is 1. The van der Waals surface area contributed by atoms with Crippen molar-refractivity contribution in [2.75, 3.05) is 25.0 Å². The Balaban J connectivity index is 1.84. The average molecular weight is 441 g/mol. The van der Waals surface area contributed by atoms with Crippen LogP contribution in [0.3, 0.4) is 0 Å². The maximum Gasteiger partial charge on any atom is 0.348 e. The second kappa shape index (κ2) is 8.60. The lowest BCUT2D eigenvalue weighted by Gasteiger charge is -2.16. The summed E-state index contributed by atoms with van der Waals surface area (Å²) in [5.41, 5.74) is 0.660. The molecule has 0 atom stereocenters. The zero-order valence-corrected chi connectivity index (χ0v) is 17.7. The van der Waals surface area contributed by atoms with E-state index in [1.807, 2.05) is 0 Å². The Morgan fingerprint density at radius 2 is 1.93 bits per heavy atom. The highest BCUT2D eigenvalue weighted by atomic mass is 32.2. The fraction of sp³-hybridized carbons (Fsp3) is 0.368. The molecule has 1 saturated heterocycles. The van der Waals surface area contributed by atoms with Crippen molar-refractivity contribution in [3.05, 3.63) is 46.1 Å². The van der Waals surface area contributed by atoms with E-state index in [0.717, 1.165) is 36.3 Å². The number of sulfonamides is 1. The van der Waals surface area contributed by atoms with Crippen LogP contribution < -0.4 is 5.32 Å². The van der Waals surface area contributed by atoms with E-state index < -0.39 is 32.6 Å². The maximum atomic E-state index is 14.2. The highest BCUT2D eigenvalue weighted by Crippen LogP contribution is 2.29. The molecule has 1 aliphatic heterocycles. The number of carbonyl (C=O) groups is 2. The van der Waals surface area contributed by atoms with Gasteiger partial charge in [0.05, 0.1) is 11.6 Å². The van der Waals surface area contributed by atoms with Crippen LogP contribution in [-0.4, -0.2) is 44.3 Å². The van der Waals surface area contributed by atoms with Gasteiger partial charge >= 0.3 is 5.97 Å². The van der Waals surface area contributed by atoms with E-state index in [1.54, 1.807) is 19.9 Å². The van der Waals surface area contributed by atoms with Crippen LogP contribution in [0.25, 0.3) is 0 Å². The number of carbonyl (C=O) groups excluding carboxylic acids is 2. The van der Waals surface area contributed by atoms with Gasteiger partial charge in [0.2, 0.25) is 10.0 Å². The molecular formula is C19H21FN2O5S2. The van der Waals surface area contributed by atoms with Gasteiger partial charge in [0, 0.05) is 18.7 Å². The Labute approximate surface area is 172 Å². The fourth-order valence-electron chi connectivity index (χ4n) is 3.04. The molecule has 0 aliphatic carbocycles. The van der Waals surface area contributed by atoms with Gasteiger partial charge in [0.25, 0.3) is 5.91 Å². The van der Waals surface area contributed by atoms with Crippen molar-refractivity contribution in [3.8, 4) is 0 Å². The summed E-state index contributed by atoms with van der Waals surface area (Å²) in [7, 11) is -4.00. The topological polar surface area (TPSA) is 92.8 Å². The molecule has 0 saturated carbocycles. The van der Waals surface area contributed by atoms with Crippen LogP contribution in [0.4, 0.5) is 9.39 Å². The average Bonchev–Trinajstić information content (AvgIpc) is 3.32. The first-order chi connectivity index (χ1) is 13.7. The summed E-state index contributed by atoms with van der Waals surface area (Å²) in [6.07, 6.45) is 1.45. The fourth-order valence-corrected chi connectivity index (χ4v) is 5.61. The number of halogens is 1. The summed E-state index contributed by atoms with van der Waals surface area (Å²) in [4.78, 5) is 24.4. The number of hydrogen-bond acceptors (Lipinski definition) is 6. The molecule has 156 valence electrons. The van der Waals surface area contributed by atoms with Crippen molar-refractivity contribution >= 4 is 38.2 Å². The zero-order valence-electron chi connectivity index (χ0n) is 16.0. The normalized spacial score (nSPS) is 14.7. The van der Waals surface area contributed by atoms with Crippen LogP contribution in [0.2, 0.25) is 0 Å². The lowest BCUT2D eigenvalue weighted by Crippen LogP contribution is -2.29. The van der Waals surface area contributed by atoms with Crippen molar-refractivity contribution in [1.82, 2.24) is 4.31 Å². The van der Waals surface area contributed by atoms with Gasteiger partial charge in [-0.15, -0.1) is 11.3 Å². The van der Waals surface area contributed by atoms with Crippen molar-refractivity contribution in [2.24, 2.45) is 0 Å². The van der Waals surface area contributed by atoms with Crippen molar-refractivity contribution in [2.45, 2.75) is 31.6 Å². The van der Waals surface area contributed by atoms with Crippen LogP contribution in [0.5, 0.6) is 0 Å². The molecule has 1 amide bonds. The third-order valence-electron chi connectivity index (χ3n) is 4.49. The number of esters is 1. The minimum Gasteiger partial charge on any atom is -0.462 e. The van der Waals surface area contributed by atoms with Gasteiger partial charge in [-0.05, 0) is 56.5 Å². The SMILES string of the molecule is CCOC(=O)c1sc(NC(=O)c2ccc(F)c(S(=O)(=O)N3CCCC3)c2)cc1C. The smallest absolute Gasteiger partial charge is 0.348 e. The molecule has 2 aromatic rings. The van der Waals surface area contributed by atoms with Crippen molar-refractivity contribution < 1.29 is 27.1 Å². The molecule has 0 spiro atoms. The molecule has 1 fully saturated rings. The number of hydrogen-bond donors (Lipinski definition) is 1. The first-order valence-electron chi connectivity index (χ1n) is 9.12. The molecule has 1 aliphatic rings.